The summed E-state index contributed by atoms with van der Waals surface area (Å²) in [6.45, 7) is 4.69. The monoisotopic (exact) mass is 272 g/mol. The number of nitrogens with zero attached hydrogens (tertiary/aromatic N) is 3. The Hall–Kier alpha value is -1.72. The normalized spacial score (nSPS) is 20.2. The largest absolute Gasteiger partial charge is 0.338 e. The molecule has 0 amide bonds. The molecule has 2 heterocycles. The summed E-state index contributed by atoms with van der Waals surface area (Å²) in [5, 5.41) is 4.09. The van der Waals surface area contributed by atoms with Gasteiger partial charge >= 0.3 is 0 Å². The molecule has 0 saturated carbocycles. The van der Waals surface area contributed by atoms with Gasteiger partial charge in [-0.1, -0.05) is 29.4 Å². The third-order valence-corrected chi connectivity index (χ3v) is 3.75. The van der Waals surface area contributed by atoms with Crippen LogP contribution >= 0.6 is 0 Å². The minimum atomic E-state index is 0.266. The van der Waals surface area contributed by atoms with Crippen molar-refractivity contribution in [3.05, 3.63) is 35.7 Å². The number of aryl methyl sites for hydroxylation is 1. The first-order valence-corrected chi connectivity index (χ1v) is 7.09. The van der Waals surface area contributed by atoms with E-state index in [1.54, 1.807) is 0 Å². The highest BCUT2D eigenvalue weighted by Crippen LogP contribution is 2.20. The summed E-state index contributed by atoms with van der Waals surface area (Å²) < 4.78 is 5.37. The Balaban J connectivity index is 1.72. The van der Waals surface area contributed by atoms with Crippen LogP contribution < -0.4 is 5.73 Å². The van der Waals surface area contributed by atoms with Crippen molar-refractivity contribution in [3.63, 3.8) is 0 Å². The van der Waals surface area contributed by atoms with Crippen molar-refractivity contribution >= 4 is 0 Å². The van der Waals surface area contributed by atoms with Crippen LogP contribution in [0, 0.1) is 6.92 Å². The van der Waals surface area contributed by atoms with Crippen molar-refractivity contribution in [1.29, 1.82) is 0 Å². The number of nitrogens with two attached hydrogens (primary N) is 1. The van der Waals surface area contributed by atoms with Crippen LogP contribution in [0.15, 0.2) is 28.8 Å². The van der Waals surface area contributed by atoms with E-state index >= 15 is 0 Å². The number of piperidine rings is 1. The third kappa shape index (κ3) is 2.89. The second kappa shape index (κ2) is 5.73. The SMILES string of the molecule is Cc1ccccc1-c1noc(CN2CCC[C@@H](N)C2)n1. The molecule has 1 aliphatic heterocycles. The number of likely N-dealkylation sites (tertiary alicyclic amines) is 1. The summed E-state index contributed by atoms with van der Waals surface area (Å²) in [7, 11) is 0. The summed E-state index contributed by atoms with van der Waals surface area (Å²) in [6.07, 6.45) is 2.24. The highest BCUT2D eigenvalue weighted by Gasteiger charge is 2.19. The maximum Gasteiger partial charge on any atom is 0.241 e. The van der Waals surface area contributed by atoms with Gasteiger partial charge in [-0.25, -0.2) is 0 Å². The number of hydrogen-bond donors (Lipinski definition) is 1. The summed E-state index contributed by atoms with van der Waals surface area (Å²) in [6, 6.07) is 8.33. The second-order valence-corrected chi connectivity index (χ2v) is 5.46. The zero-order valence-electron chi connectivity index (χ0n) is 11.7. The second-order valence-electron chi connectivity index (χ2n) is 5.46. The Labute approximate surface area is 118 Å². The topological polar surface area (TPSA) is 68.2 Å². The molecule has 1 fully saturated rings. The third-order valence-electron chi connectivity index (χ3n) is 3.75. The number of hydrogen-bond acceptors (Lipinski definition) is 5. The summed E-state index contributed by atoms with van der Waals surface area (Å²) in [5.74, 6) is 1.33. The molecular weight excluding hydrogens is 252 g/mol. The molecule has 2 N–H and O–H groups in total. The lowest BCUT2D eigenvalue weighted by Gasteiger charge is -2.29. The highest BCUT2D eigenvalue weighted by atomic mass is 16.5. The molecule has 0 bridgehead atoms. The smallest absolute Gasteiger partial charge is 0.241 e. The fourth-order valence-corrected chi connectivity index (χ4v) is 2.68. The van der Waals surface area contributed by atoms with Gasteiger partial charge in [0.1, 0.15) is 0 Å². The van der Waals surface area contributed by atoms with Gasteiger partial charge in [0.15, 0.2) is 0 Å². The molecule has 0 aliphatic carbocycles. The van der Waals surface area contributed by atoms with E-state index in [2.05, 4.69) is 28.0 Å². The van der Waals surface area contributed by atoms with Crippen LogP contribution in [0.1, 0.15) is 24.3 Å². The minimum Gasteiger partial charge on any atom is -0.338 e. The molecule has 5 nitrogen and oxygen atoms in total. The van der Waals surface area contributed by atoms with Gasteiger partial charge in [-0.3, -0.25) is 4.90 Å². The molecule has 2 aromatic rings. The molecular formula is C15H20N4O. The molecule has 106 valence electrons. The van der Waals surface area contributed by atoms with Gasteiger partial charge in [-0.2, -0.15) is 4.98 Å². The van der Waals surface area contributed by atoms with Gasteiger partial charge < -0.3 is 10.3 Å². The fraction of sp³-hybridized carbons (Fsp3) is 0.467. The van der Waals surface area contributed by atoms with Crippen molar-refractivity contribution in [1.82, 2.24) is 15.0 Å². The zero-order chi connectivity index (χ0) is 13.9. The van der Waals surface area contributed by atoms with Crippen molar-refractivity contribution in [2.24, 2.45) is 5.73 Å². The molecule has 20 heavy (non-hydrogen) atoms. The predicted molar refractivity (Wildman–Crippen MR) is 77.0 cm³/mol. The number of benzene rings is 1. The highest BCUT2D eigenvalue weighted by molar-refractivity contribution is 5.58. The molecule has 1 aromatic carbocycles. The molecule has 1 atom stereocenters. The van der Waals surface area contributed by atoms with Crippen LogP contribution in [0.4, 0.5) is 0 Å². The van der Waals surface area contributed by atoms with E-state index in [4.69, 9.17) is 10.3 Å². The molecule has 5 heteroatoms. The van der Waals surface area contributed by atoms with Gasteiger partial charge in [0, 0.05) is 18.2 Å². The molecule has 1 aliphatic rings. The summed E-state index contributed by atoms with van der Waals surface area (Å²) in [4.78, 5) is 6.78. The zero-order valence-corrected chi connectivity index (χ0v) is 11.7. The first kappa shape index (κ1) is 13.3. The summed E-state index contributed by atoms with van der Waals surface area (Å²) >= 11 is 0. The Morgan fingerprint density at radius 3 is 3.05 bits per heavy atom. The Morgan fingerprint density at radius 2 is 2.25 bits per heavy atom. The average molecular weight is 272 g/mol. The van der Waals surface area contributed by atoms with Crippen molar-refractivity contribution in [3.8, 4) is 11.4 Å². The van der Waals surface area contributed by atoms with Crippen LogP contribution in [0.2, 0.25) is 0 Å². The van der Waals surface area contributed by atoms with E-state index in [9.17, 15) is 0 Å². The van der Waals surface area contributed by atoms with Gasteiger partial charge in [0.05, 0.1) is 6.54 Å². The van der Waals surface area contributed by atoms with Crippen LogP contribution in [-0.2, 0) is 6.54 Å². The Kier molecular flexibility index (Phi) is 3.80. The number of rotatable bonds is 3. The molecule has 0 radical (unpaired) electrons. The van der Waals surface area contributed by atoms with E-state index in [1.807, 2.05) is 18.2 Å². The maximum absolute atomic E-state index is 5.99. The van der Waals surface area contributed by atoms with Crippen LogP contribution in [-0.4, -0.2) is 34.2 Å². The van der Waals surface area contributed by atoms with Crippen molar-refractivity contribution in [2.45, 2.75) is 32.4 Å². The van der Waals surface area contributed by atoms with Crippen molar-refractivity contribution in [2.75, 3.05) is 13.1 Å². The predicted octanol–water partition coefficient (Wildman–Crippen LogP) is 1.97. The molecule has 3 rings (SSSR count). The number of aromatic nitrogens is 2. The van der Waals surface area contributed by atoms with E-state index in [-0.39, 0.29) is 6.04 Å². The first-order valence-electron chi connectivity index (χ1n) is 7.09. The lowest BCUT2D eigenvalue weighted by atomic mass is 10.1. The van der Waals surface area contributed by atoms with Gasteiger partial charge in [-0.15, -0.1) is 0 Å². The van der Waals surface area contributed by atoms with Gasteiger partial charge in [0.2, 0.25) is 11.7 Å². The molecule has 1 aromatic heterocycles. The van der Waals surface area contributed by atoms with Crippen LogP contribution in [0.25, 0.3) is 11.4 Å². The van der Waals surface area contributed by atoms with Gasteiger partial charge in [-0.05, 0) is 31.9 Å². The Morgan fingerprint density at radius 1 is 1.40 bits per heavy atom. The van der Waals surface area contributed by atoms with E-state index in [0.717, 1.165) is 37.1 Å². The van der Waals surface area contributed by atoms with E-state index in [0.29, 0.717) is 18.3 Å². The van der Waals surface area contributed by atoms with Crippen LogP contribution in [0.3, 0.4) is 0 Å². The molecule has 0 spiro atoms. The van der Waals surface area contributed by atoms with E-state index < -0.39 is 0 Å². The standard InChI is InChI=1S/C15H20N4O/c1-11-5-2-3-7-13(11)15-17-14(20-18-15)10-19-8-4-6-12(16)9-19/h2-3,5,7,12H,4,6,8-10,16H2,1H3/t12-/m1/s1. The maximum atomic E-state index is 5.99. The minimum absolute atomic E-state index is 0.266. The average Bonchev–Trinajstić information content (AvgIpc) is 2.87. The van der Waals surface area contributed by atoms with Crippen LogP contribution in [0.5, 0.6) is 0 Å². The lowest BCUT2D eigenvalue weighted by molar-refractivity contribution is 0.178. The lowest BCUT2D eigenvalue weighted by Crippen LogP contribution is -2.42. The van der Waals surface area contributed by atoms with Gasteiger partial charge in [0.25, 0.3) is 0 Å². The first-order chi connectivity index (χ1) is 9.72. The Bertz CT molecular complexity index is 581. The fourth-order valence-electron chi connectivity index (χ4n) is 2.68. The van der Waals surface area contributed by atoms with E-state index in [1.165, 1.54) is 0 Å². The molecule has 1 saturated heterocycles. The van der Waals surface area contributed by atoms with Crippen molar-refractivity contribution < 1.29 is 4.52 Å². The molecule has 0 unspecified atom stereocenters. The summed E-state index contributed by atoms with van der Waals surface area (Å²) in [5.41, 5.74) is 8.17. The quantitative estimate of drug-likeness (QED) is 0.925.